The SMILES string of the molecule is C=Cc1ccc(C)cc1SOC(F)(F)F. The van der Waals surface area contributed by atoms with Crippen LogP contribution in [-0.2, 0) is 4.18 Å². The van der Waals surface area contributed by atoms with Gasteiger partial charge in [-0.3, -0.25) is 0 Å². The maximum absolute atomic E-state index is 11.8. The first-order valence-electron chi connectivity index (χ1n) is 4.08. The summed E-state index contributed by atoms with van der Waals surface area (Å²) in [4.78, 5) is 0.405. The van der Waals surface area contributed by atoms with Crippen molar-refractivity contribution >= 4 is 18.1 Å². The molecule has 0 unspecified atom stereocenters. The van der Waals surface area contributed by atoms with Crippen molar-refractivity contribution in [2.45, 2.75) is 18.2 Å². The topological polar surface area (TPSA) is 9.23 Å². The first kappa shape index (κ1) is 12.1. The van der Waals surface area contributed by atoms with E-state index < -0.39 is 6.36 Å². The van der Waals surface area contributed by atoms with E-state index in [1.165, 1.54) is 6.08 Å². The minimum absolute atomic E-state index is 0.296. The first-order valence-corrected chi connectivity index (χ1v) is 4.82. The maximum atomic E-state index is 11.8. The van der Waals surface area contributed by atoms with E-state index in [1.54, 1.807) is 25.1 Å². The maximum Gasteiger partial charge on any atom is 0.533 e. The molecule has 15 heavy (non-hydrogen) atoms. The Balaban J connectivity index is 2.83. The van der Waals surface area contributed by atoms with Crippen LogP contribution in [0.2, 0.25) is 0 Å². The summed E-state index contributed by atoms with van der Waals surface area (Å²) in [6.45, 7) is 5.31. The predicted octanol–water partition coefficient (Wildman–Crippen LogP) is 4.18. The third kappa shape index (κ3) is 3.97. The summed E-state index contributed by atoms with van der Waals surface area (Å²) in [6, 6.07) is 5.12. The van der Waals surface area contributed by atoms with Gasteiger partial charge in [-0.1, -0.05) is 24.8 Å². The second kappa shape index (κ2) is 4.72. The highest BCUT2D eigenvalue weighted by Gasteiger charge is 2.30. The van der Waals surface area contributed by atoms with Gasteiger partial charge in [0.2, 0.25) is 0 Å². The third-order valence-corrected chi connectivity index (χ3v) is 2.42. The Labute approximate surface area is 90.1 Å². The summed E-state index contributed by atoms with van der Waals surface area (Å²) >= 11 is 0.296. The van der Waals surface area contributed by atoms with E-state index in [4.69, 9.17) is 0 Å². The van der Waals surface area contributed by atoms with E-state index >= 15 is 0 Å². The number of benzene rings is 1. The summed E-state index contributed by atoms with van der Waals surface area (Å²) in [5, 5.41) is 0. The molecule has 0 aromatic heterocycles. The molecule has 1 aromatic carbocycles. The van der Waals surface area contributed by atoms with Crippen molar-refractivity contribution in [2.24, 2.45) is 0 Å². The van der Waals surface area contributed by atoms with Gasteiger partial charge < -0.3 is 0 Å². The lowest BCUT2D eigenvalue weighted by Crippen LogP contribution is -2.07. The zero-order chi connectivity index (χ0) is 11.5. The van der Waals surface area contributed by atoms with Crippen LogP contribution >= 0.6 is 12.0 Å². The van der Waals surface area contributed by atoms with Crippen LogP contribution in [0.1, 0.15) is 11.1 Å². The Morgan fingerprint density at radius 2 is 2.07 bits per heavy atom. The van der Waals surface area contributed by atoms with Crippen LogP contribution in [0.3, 0.4) is 0 Å². The molecular weight excluding hydrogens is 225 g/mol. The van der Waals surface area contributed by atoms with Gasteiger partial charge >= 0.3 is 6.36 Å². The van der Waals surface area contributed by atoms with Crippen molar-refractivity contribution in [1.29, 1.82) is 0 Å². The van der Waals surface area contributed by atoms with Gasteiger partial charge in [0.05, 0.1) is 0 Å². The van der Waals surface area contributed by atoms with Crippen LogP contribution in [0.5, 0.6) is 0 Å². The molecule has 0 saturated carbocycles. The zero-order valence-electron chi connectivity index (χ0n) is 7.97. The molecule has 0 atom stereocenters. The zero-order valence-corrected chi connectivity index (χ0v) is 8.78. The second-order valence-electron chi connectivity index (χ2n) is 2.86. The molecule has 0 aliphatic carbocycles. The summed E-state index contributed by atoms with van der Waals surface area (Å²) in [5.41, 5.74) is 1.49. The average molecular weight is 234 g/mol. The van der Waals surface area contributed by atoms with E-state index in [1.807, 2.05) is 0 Å². The van der Waals surface area contributed by atoms with Crippen molar-refractivity contribution in [1.82, 2.24) is 0 Å². The van der Waals surface area contributed by atoms with Gasteiger partial charge in [-0.2, -0.15) is 0 Å². The Morgan fingerprint density at radius 3 is 2.60 bits per heavy atom. The molecule has 0 fully saturated rings. The van der Waals surface area contributed by atoms with E-state index in [9.17, 15) is 13.2 Å². The van der Waals surface area contributed by atoms with Crippen LogP contribution in [0, 0.1) is 6.92 Å². The van der Waals surface area contributed by atoms with Crippen molar-refractivity contribution in [3.8, 4) is 0 Å². The lowest BCUT2D eigenvalue weighted by atomic mass is 10.1. The van der Waals surface area contributed by atoms with Crippen molar-refractivity contribution in [2.75, 3.05) is 0 Å². The Morgan fingerprint density at radius 1 is 1.40 bits per heavy atom. The summed E-state index contributed by atoms with van der Waals surface area (Å²) in [7, 11) is 0. The quantitative estimate of drug-likeness (QED) is 0.725. The molecule has 0 amide bonds. The van der Waals surface area contributed by atoms with Gasteiger partial charge in [0.1, 0.15) is 0 Å². The molecule has 0 bridgehead atoms. The van der Waals surface area contributed by atoms with E-state index in [0.717, 1.165) is 5.56 Å². The lowest BCUT2D eigenvalue weighted by Gasteiger charge is -2.08. The highest BCUT2D eigenvalue weighted by atomic mass is 32.2. The van der Waals surface area contributed by atoms with Crippen molar-refractivity contribution in [3.63, 3.8) is 0 Å². The minimum Gasteiger partial charge on any atom is -0.215 e. The molecule has 1 nitrogen and oxygen atoms in total. The highest BCUT2D eigenvalue weighted by molar-refractivity contribution is 7.94. The van der Waals surface area contributed by atoms with Crippen molar-refractivity contribution in [3.05, 3.63) is 35.9 Å². The molecule has 0 spiro atoms. The molecule has 1 aromatic rings. The first-order chi connectivity index (χ1) is 6.92. The van der Waals surface area contributed by atoms with Crippen LogP contribution < -0.4 is 0 Å². The van der Waals surface area contributed by atoms with Gasteiger partial charge in [-0.25, -0.2) is 4.18 Å². The molecule has 82 valence electrons. The fourth-order valence-electron chi connectivity index (χ4n) is 0.975. The minimum atomic E-state index is -4.63. The van der Waals surface area contributed by atoms with Gasteiger partial charge in [-0.15, -0.1) is 13.2 Å². The van der Waals surface area contributed by atoms with Crippen LogP contribution in [0.25, 0.3) is 6.08 Å². The van der Waals surface area contributed by atoms with E-state index in [0.29, 0.717) is 22.5 Å². The highest BCUT2D eigenvalue weighted by Crippen LogP contribution is 2.32. The number of hydrogen-bond acceptors (Lipinski definition) is 2. The molecule has 0 N–H and O–H groups in total. The standard InChI is InChI=1S/C10H9F3OS/c1-3-8-5-4-7(2)6-9(8)15-14-10(11,12)13/h3-6H,1H2,2H3. The van der Waals surface area contributed by atoms with Gasteiger partial charge in [0.15, 0.2) is 0 Å². The van der Waals surface area contributed by atoms with Crippen molar-refractivity contribution < 1.29 is 17.4 Å². The molecule has 0 saturated heterocycles. The number of halogens is 3. The largest absolute Gasteiger partial charge is 0.533 e. The molecule has 0 aliphatic rings. The number of alkyl halides is 3. The Kier molecular flexibility index (Phi) is 3.82. The smallest absolute Gasteiger partial charge is 0.215 e. The second-order valence-corrected chi connectivity index (χ2v) is 3.63. The number of rotatable bonds is 3. The lowest BCUT2D eigenvalue weighted by molar-refractivity contribution is -0.266. The fourth-order valence-corrected chi connectivity index (χ4v) is 1.64. The van der Waals surface area contributed by atoms with Crippen LogP contribution in [-0.4, -0.2) is 6.36 Å². The summed E-state index contributed by atoms with van der Waals surface area (Å²) in [5.74, 6) is 0. The predicted molar refractivity (Wildman–Crippen MR) is 54.3 cm³/mol. The Bertz CT molecular complexity index is 360. The van der Waals surface area contributed by atoms with E-state index in [-0.39, 0.29) is 0 Å². The third-order valence-electron chi connectivity index (χ3n) is 1.61. The molecule has 0 heterocycles. The van der Waals surface area contributed by atoms with Crippen LogP contribution in [0.15, 0.2) is 29.7 Å². The monoisotopic (exact) mass is 234 g/mol. The van der Waals surface area contributed by atoms with Gasteiger partial charge in [0.25, 0.3) is 0 Å². The molecular formula is C10H9F3OS. The summed E-state index contributed by atoms with van der Waals surface area (Å²) in [6.07, 6.45) is -3.14. The average Bonchev–Trinajstić information content (AvgIpc) is 2.14. The number of aryl methyl sites for hydroxylation is 1. The van der Waals surface area contributed by atoms with E-state index in [2.05, 4.69) is 10.8 Å². The van der Waals surface area contributed by atoms with Crippen LogP contribution in [0.4, 0.5) is 13.2 Å². The Hall–Kier alpha value is -0.940. The number of hydrogen-bond donors (Lipinski definition) is 0. The summed E-state index contributed by atoms with van der Waals surface area (Å²) < 4.78 is 39.1. The normalized spacial score (nSPS) is 11.5. The van der Waals surface area contributed by atoms with Gasteiger partial charge in [0, 0.05) is 16.9 Å². The molecule has 0 radical (unpaired) electrons. The van der Waals surface area contributed by atoms with Gasteiger partial charge in [-0.05, 0) is 24.1 Å². The molecule has 5 heteroatoms. The molecule has 1 rings (SSSR count). The fraction of sp³-hybridized carbons (Fsp3) is 0.200. The molecule has 0 aliphatic heterocycles.